The fourth-order valence-corrected chi connectivity index (χ4v) is 1.16. The molecule has 2 rings (SSSR count). The Kier molecular flexibility index (Phi) is 2.49. The predicted octanol–water partition coefficient (Wildman–Crippen LogP) is 2.49. The van der Waals surface area contributed by atoms with Crippen LogP contribution in [-0.2, 0) is 0 Å². The average molecular weight is 200 g/mol. The van der Waals surface area contributed by atoms with Crippen LogP contribution in [0, 0.1) is 6.92 Å². The molecule has 4 heteroatoms. The molecule has 0 amide bonds. The molecule has 2 aromatic rings. The maximum Gasteiger partial charge on any atom is 0.149 e. The van der Waals surface area contributed by atoms with Crippen molar-refractivity contribution in [3.05, 3.63) is 42.2 Å². The third-order valence-corrected chi connectivity index (χ3v) is 1.84. The average Bonchev–Trinajstić information content (AvgIpc) is 2.22. The molecular weight excluding hydrogens is 190 g/mol. The van der Waals surface area contributed by atoms with E-state index in [1.165, 1.54) is 0 Å². The lowest BCUT2D eigenvalue weighted by Gasteiger charge is -2.04. The van der Waals surface area contributed by atoms with Crippen LogP contribution >= 0.6 is 0 Å². The molecule has 1 aromatic heterocycles. The molecule has 15 heavy (non-hydrogen) atoms. The minimum Gasteiger partial charge on any atom is -0.456 e. The summed E-state index contributed by atoms with van der Waals surface area (Å²) in [6.07, 6.45) is 1.56. The number of hydrogen-bond acceptors (Lipinski definition) is 3. The van der Waals surface area contributed by atoms with Crippen LogP contribution in [-0.4, -0.2) is 10.2 Å². The lowest BCUT2D eigenvalue weighted by molar-refractivity contribution is 0.477. The van der Waals surface area contributed by atoms with Crippen LogP contribution in [0.3, 0.4) is 0 Å². The van der Waals surface area contributed by atoms with Crippen molar-refractivity contribution < 1.29 is 4.74 Å². The first kappa shape index (κ1) is 9.45. The van der Waals surface area contributed by atoms with Crippen molar-refractivity contribution in [1.29, 1.82) is 0 Å². The first-order valence-corrected chi connectivity index (χ1v) is 4.53. The largest absolute Gasteiger partial charge is 0.456 e. The highest BCUT2D eigenvalue weighted by Crippen LogP contribution is 2.21. The second-order valence-corrected chi connectivity index (χ2v) is 3.16. The van der Waals surface area contributed by atoms with Crippen LogP contribution in [0.1, 0.15) is 5.69 Å². The van der Waals surface area contributed by atoms with Gasteiger partial charge in [-0.25, -0.2) is 0 Å². The van der Waals surface area contributed by atoms with Gasteiger partial charge >= 0.3 is 0 Å². The summed E-state index contributed by atoms with van der Waals surface area (Å²) in [5.41, 5.74) is 8.60. The van der Waals surface area contributed by atoms with Crippen molar-refractivity contribution >= 4 is 5.69 Å². The van der Waals surface area contributed by atoms with E-state index in [1.807, 2.05) is 13.0 Å². The molecule has 1 N–H and O–H groups in total. The number of aromatic nitrogens is 2. The van der Waals surface area contributed by atoms with Crippen molar-refractivity contribution in [3.8, 4) is 11.5 Å². The third kappa shape index (κ3) is 2.43. The summed E-state index contributed by atoms with van der Waals surface area (Å²) in [6, 6.07) is 8.66. The molecule has 1 heterocycles. The molecule has 75 valence electrons. The van der Waals surface area contributed by atoms with Crippen LogP contribution in [0.15, 0.2) is 36.5 Å². The van der Waals surface area contributed by atoms with Gasteiger partial charge < -0.3 is 10.5 Å². The van der Waals surface area contributed by atoms with E-state index >= 15 is 0 Å². The molecule has 1 radical (unpaired) electrons. The van der Waals surface area contributed by atoms with E-state index < -0.39 is 0 Å². The molecule has 0 fully saturated rings. The van der Waals surface area contributed by atoms with Gasteiger partial charge in [0.2, 0.25) is 0 Å². The summed E-state index contributed by atoms with van der Waals surface area (Å²) < 4.78 is 5.53. The molecule has 4 nitrogen and oxygen atoms in total. The highest BCUT2D eigenvalue weighted by atomic mass is 16.5. The molecule has 0 unspecified atom stereocenters. The molecular formula is C11H10N3O. The normalized spacial score (nSPS) is 9.93. The van der Waals surface area contributed by atoms with E-state index in [9.17, 15) is 0 Å². The highest BCUT2D eigenvalue weighted by Gasteiger charge is 1.98. The van der Waals surface area contributed by atoms with Crippen LogP contribution in [0.4, 0.5) is 5.69 Å². The van der Waals surface area contributed by atoms with Crippen molar-refractivity contribution in [2.45, 2.75) is 6.92 Å². The van der Waals surface area contributed by atoms with E-state index in [-0.39, 0.29) is 0 Å². The Hall–Kier alpha value is -2.10. The van der Waals surface area contributed by atoms with Crippen molar-refractivity contribution in [1.82, 2.24) is 15.9 Å². The first-order valence-electron chi connectivity index (χ1n) is 4.53. The quantitative estimate of drug-likeness (QED) is 0.748. The molecule has 0 spiro atoms. The summed E-state index contributed by atoms with van der Waals surface area (Å²) in [7, 11) is 0. The number of nitrogens with zero attached hydrogens (tertiary/aromatic N) is 2. The smallest absolute Gasteiger partial charge is 0.149 e. The summed E-state index contributed by atoms with van der Waals surface area (Å²) in [4.78, 5) is 0. The summed E-state index contributed by atoms with van der Waals surface area (Å²) in [6.45, 7) is 1.85. The van der Waals surface area contributed by atoms with E-state index in [0.29, 0.717) is 17.2 Å². The standard InChI is InChI=1S/C11H10N3O/c1-8-6-11(7-13-14-8)15-10-4-2-9(12)3-5-10/h2-7,12H,1H3. The van der Waals surface area contributed by atoms with Gasteiger partial charge in [-0.3, -0.25) is 0 Å². The molecule has 0 aliphatic rings. The minimum atomic E-state index is 0.464. The third-order valence-electron chi connectivity index (χ3n) is 1.84. The fourth-order valence-electron chi connectivity index (χ4n) is 1.16. The number of benzene rings is 1. The Balaban J connectivity index is 2.18. The van der Waals surface area contributed by atoms with E-state index in [1.54, 1.807) is 30.5 Å². The maximum atomic E-state index is 7.33. The number of rotatable bonds is 2. The van der Waals surface area contributed by atoms with Crippen molar-refractivity contribution in [3.63, 3.8) is 0 Å². The van der Waals surface area contributed by atoms with Gasteiger partial charge in [-0.05, 0) is 31.2 Å². The monoisotopic (exact) mass is 200 g/mol. The van der Waals surface area contributed by atoms with Gasteiger partial charge in [-0.1, -0.05) is 0 Å². The molecule has 0 aliphatic carbocycles. The predicted molar refractivity (Wildman–Crippen MR) is 56.0 cm³/mol. The van der Waals surface area contributed by atoms with Crippen molar-refractivity contribution in [2.75, 3.05) is 0 Å². The van der Waals surface area contributed by atoms with Gasteiger partial charge in [0.1, 0.15) is 11.5 Å². The second-order valence-electron chi connectivity index (χ2n) is 3.16. The Bertz CT molecular complexity index is 454. The minimum absolute atomic E-state index is 0.464. The van der Waals surface area contributed by atoms with Gasteiger partial charge in [0.05, 0.1) is 17.6 Å². The Morgan fingerprint density at radius 1 is 1.13 bits per heavy atom. The highest BCUT2D eigenvalue weighted by molar-refractivity contribution is 5.40. The lowest BCUT2D eigenvalue weighted by atomic mass is 10.3. The zero-order chi connectivity index (χ0) is 10.7. The van der Waals surface area contributed by atoms with Crippen LogP contribution < -0.4 is 10.5 Å². The van der Waals surface area contributed by atoms with Gasteiger partial charge in [-0.15, -0.1) is 0 Å². The lowest BCUT2D eigenvalue weighted by Crippen LogP contribution is -1.89. The van der Waals surface area contributed by atoms with Gasteiger partial charge in [0, 0.05) is 6.07 Å². The first-order chi connectivity index (χ1) is 7.24. The zero-order valence-electron chi connectivity index (χ0n) is 8.27. The molecule has 0 bridgehead atoms. The van der Waals surface area contributed by atoms with E-state index in [4.69, 9.17) is 10.5 Å². The topological polar surface area (TPSA) is 58.8 Å². The summed E-state index contributed by atoms with van der Waals surface area (Å²) in [5, 5.41) is 7.62. The number of ether oxygens (including phenoxy) is 1. The second kappa shape index (κ2) is 3.96. The summed E-state index contributed by atoms with van der Waals surface area (Å²) in [5.74, 6) is 1.35. The summed E-state index contributed by atoms with van der Waals surface area (Å²) >= 11 is 0. The van der Waals surface area contributed by atoms with E-state index in [0.717, 1.165) is 5.69 Å². The SMILES string of the molecule is Cc1cc(Oc2ccc([NH])cc2)cnn1. The van der Waals surface area contributed by atoms with Crippen LogP contribution in [0.25, 0.3) is 0 Å². The van der Waals surface area contributed by atoms with Gasteiger partial charge in [0.25, 0.3) is 0 Å². The number of nitrogens with one attached hydrogen (secondary N) is 1. The number of hydrogen-bond donors (Lipinski definition) is 0. The van der Waals surface area contributed by atoms with Crippen LogP contribution in [0.5, 0.6) is 11.5 Å². The van der Waals surface area contributed by atoms with Crippen molar-refractivity contribution in [2.24, 2.45) is 0 Å². The Labute approximate surface area is 87.7 Å². The van der Waals surface area contributed by atoms with E-state index in [2.05, 4.69) is 10.2 Å². The molecule has 0 aliphatic heterocycles. The molecule has 0 saturated carbocycles. The number of aryl methyl sites for hydroxylation is 1. The Morgan fingerprint density at radius 2 is 1.87 bits per heavy atom. The Morgan fingerprint density at radius 3 is 2.53 bits per heavy atom. The zero-order valence-corrected chi connectivity index (χ0v) is 8.27. The molecule has 1 aromatic carbocycles. The fraction of sp³-hybridized carbons (Fsp3) is 0.0909. The van der Waals surface area contributed by atoms with Gasteiger partial charge in [0.15, 0.2) is 0 Å². The molecule has 0 atom stereocenters. The van der Waals surface area contributed by atoms with Crippen LogP contribution in [0.2, 0.25) is 0 Å². The molecule has 0 saturated heterocycles. The van der Waals surface area contributed by atoms with Gasteiger partial charge in [-0.2, -0.15) is 10.2 Å². The maximum absolute atomic E-state index is 7.33.